The number of hydrogen-bond acceptors (Lipinski definition) is 6. The molecule has 3 atom stereocenters. The Hall–Kier alpha value is -4.19. The molecule has 4 rings (SSSR count). The van der Waals surface area contributed by atoms with Crippen molar-refractivity contribution in [2.45, 2.75) is 81.8 Å². The summed E-state index contributed by atoms with van der Waals surface area (Å²) in [7, 11) is -3.91. The van der Waals surface area contributed by atoms with Crippen LogP contribution in [0.25, 0.3) is 12.2 Å². The van der Waals surface area contributed by atoms with E-state index in [0.29, 0.717) is 37.8 Å². The fraction of sp³-hybridized carbons (Fsp3) is 0.405. The molecule has 258 valence electrons. The van der Waals surface area contributed by atoms with E-state index < -0.39 is 40.0 Å². The fourth-order valence-corrected chi connectivity index (χ4v) is 7.95. The minimum atomic E-state index is -3.91. The van der Waals surface area contributed by atoms with Crippen LogP contribution in [0.2, 0.25) is 0 Å². The average Bonchev–Trinajstić information content (AvgIpc) is 3.22. The van der Waals surface area contributed by atoms with Gasteiger partial charge in [-0.25, -0.2) is 13.2 Å². The highest BCUT2D eigenvalue weighted by molar-refractivity contribution is 7.89. The van der Waals surface area contributed by atoms with Gasteiger partial charge in [0.25, 0.3) is 0 Å². The number of nitrogen functional groups attached to an aromatic ring is 1. The second-order valence-electron chi connectivity index (χ2n) is 12.7. The predicted octanol–water partition coefficient (Wildman–Crippen LogP) is 5.68. The van der Waals surface area contributed by atoms with E-state index in [-0.39, 0.29) is 30.0 Å². The number of sulfonamides is 1. The molecule has 0 saturated carbocycles. The van der Waals surface area contributed by atoms with Gasteiger partial charge in [0.1, 0.15) is 6.04 Å². The monoisotopic (exact) mass is 676 g/mol. The normalized spacial score (nSPS) is 14.9. The molecule has 48 heavy (non-hydrogen) atoms. The van der Waals surface area contributed by atoms with Crippen molar-refractivity contribution in [3.05, 3.63) is 95.1 Å². The molecule has 0 spiro atoms. The smallest absolute Gasteiger partial charge is 0.405 e. The highest BCUT2D eigenvalue weighted by Crippen LogP contribution is 2.37. The molecule has 0 bridgehead atoms. The molecule has 0 heterocycles. The third kappa shape index (κ3) is 9.03. The van der Waals surface area contributed by atoms with Gasteiger partial charge in [0.15, 0.2) is 0 Å². The van der Waals surface area contributed by atoms with Gasteiger partial charge in [-0.3, -0.25) is 4.79 Å². The van der Waals surface area contributed by atoms with Crippen LogP contribution in [0.5, 0.6) is 0 Å². The van der Waals surface area contributed by atoms with Crippen LogP contribution in [0.3, 0.4) is 0 Å². The van der Waals surface area contributed by atoms with Crippen LogP contribution in [0.4, 0.5) is 10.5 Å². The van der Waals surface area contributed by atoms with Gasteiger partial charge < -0.3 is 26.6 Å². The Morgan fingerprint density at radius 2 is 1.46 bits per heavy atom. The molecule has 2 amide bonds. The number of nitrogens with one attached hydrogen (secondary N) is 2. The number of nitrogens with two attached hydrogens (primary N) is 1. The van der Waals surface area contributed by atoms with Gasteiger partial charge in [0.2, 0.25) is 15.9 Å². The first-order valence-electron chi connectivity index (χ1n) is 16.6. The molecule has 1 aliphatic carbocycles. The van der Waals surface area contributed by atoms with Crippen molar-refractivity contribution in [2.75, 3.05) is 18.9 Å². The first-order chi connectivity index (χ1) is 23.0. The lowest BCUT2D eigenvalue weighted by atomic mass is 9.81. The SMILES string of the molecule is CC[C@@H](CCC[C@@H](CO)N(CCC(C)C)S(=O)(=O)c1ccc(N)cc1)NC(=O)C(NC(=O)O)C1c2ccccc2C=Cc2ccccc21. The molecule has 10 nitrogen and oxygen atoms in total. The molecular weight excluding hydrogens is 628 g/mol. The molecule has 0 saturated heterocycles. The van der Waals surface area contributed by atoms with Crippen LogP contribution in [0.15, 0.2) is 77.7 Å². The van der Waals surface area contributed by atoms with Crippen LogP contribution < -0.4 is 16.4 Å². The zero-order valence-corrected chi connectivity index (χ0v) is 28.7. The summed E-state index contributed by atoms with van der Waals surface area (Å²) in [6.07, 6.45) is 5.27. The lowest BCUT2D eigenvalue weighted by Crippen LogP contribution is -2.52. The van der Waals surface area contributed by atoms with Crippen molar-refractivity contribution >= 4 is 39.9 Å². The molecule has 11 heteroatoms. The van der Waals surface area contributed by atoms with Crippen LogP contribution in [0, 0.1) is 5.92 Å². The number of aliphatic hydroxyl groups is 1. The number of rotatable bonds is 16. The largest absolute Gasteiger partial charge is 0.465 e. The Morgan fingerprint density at radius 3 is 1.98 bits per heavy atom. The molecule has 0 aliphatic heterocycles. The first kappa shape index (κ1) is 36.6. The minimum absolute atomic E-state index is 0.117. The lowest BCUT2D eigenvalue weighted by Gasteiger charge is -2.31. The van der Waals surface area contributed by atoms with Gasteiger partial charge in [-0.05, 0) is 84.5 Å². The summed E-state index contributed by atoms with van der Waals surface area (Å²) in [5, 5.41) is 25.8. The van der Waals surface area contributed by atoms with E-state index >= 15 is 0 Å². The number of carbonyl (C=O) groups is 2. The molecule has 3 aromatic carbocycles. The average molecular weight is 677 g/mol. The van der Waals surface area contributed by atoms with E-state index in [1.54, 1.807) is 12.1 Å². The second kappa shape index (κ2) is 16.8. The number of benzene rings is 3. The molecule has 0 aromatic heterocycles. The Labute approximate surface area is 284 Å². The van der Waals surface area contributed by atoms with Crippen molar-refractivity contribution in [3.63, 3.8) is 0 Å². The van der Waals surface area contributed by atoms with E-state index in [9.17, 15) is 28.2 Å². The fourth-order valence-electron chi connectivity index (χ4n) is 6.29. The van der Waals surface area contributed by atoms with Crippen molar-refractivity contribution < 1.29 is 28.2 Å². The minimum Gasteiger partial charge on any atom is -0.465 e. The topological polar surface area (TPSA) is 162 Å². The van der Waals surface area contributed by atoms with Crippen LogP contribution in [0.1, 0.15) is 81.0 Å². The van der Waals surface area contributed by atoms with Crippen LogP contribution >= 0.6 is 0 Å². The third-order valence-corrected chi connectivity index (χ3v) is 10.9. The standard InChI is InChI=1S/C37H48N4O6S/c1-4-29(12-9-13-30(24-42)41(23-22-25(2)3)48(46,47)31-20-18-28(38)19-21-31)39-36(43)35(40-37(44)45)34-32-14-7-5-10-26(32)16-17-27-11-6-8-15-33(27)34/h5-8,10-11,14-21,25,29-30,34-35,40,42H,4,9,12-13,22-24,38H2,1-3H3,(H,39,43)(H,44,45)/t29-,30-,35?/m0/s1. The predicted molar refractivity (Wildman–Crippen MR) is 190 cm³/mol. The number of nitrogens with zero attached hydrogens (tertiary/aromatic N) is 1. The number of carboxylic acid groups (broad SMARTS) is 1. The highest BCUT2D eigenvalue weighted by Gasteiger charge is 2.36. The summed E-state index contributed by atoms with van der Waals surface area (Å²) >= 11 is 0. The third-order valence-electron chi connectivity index (χ3n) is 8.96. The Bertz CT molecular complexity index is 1630. The second-order valence-corrected chi connectivity index (χ2v) is 14.6. The zero-order valence-electron chi connectivity index (χ0n) is 27.9. The van der Waals surface area contributed by atoms with E-state index in [0.717, 1.165) is 22.3 Å². The summed E-state index contributed by atoms with van der Waals surface area (Å²) < 4.78 is 28.8. The Morgan fingerprint density at radius 1 is 0.875 bits per heavy atom. The summed E-state index contributed by atoms with van der Waals surface area (Å²) in [6.45, 7) is 5.88. The van der Waals surface area contributed by atoms with E-state index in [1.165, 1.54) is 16.4 Å². The zero-order chi connectivity index (χ0) is 34.8. The van der Waals surface area contributed by atoms with Crippen LogP contribution in [-0.4, -0.2) is 66.2 Å². The van der Waals surface area contributed by atoms with E-state index in [2.05, 4.69) is 10.6 Å². The summed E-state index contributed by atoms with van der Waals surface area (Å²) in [5.74, 6) is -0.763. The van der Waals surface area contributed by atoms with Gasteiger partial charge in [-0.2, -0.15) is 4.31 Å². The number of amides is 2. The first-order valence-corrected chi connectivity index (χ1v) is 18.0. The van der Waals surface area contributed by atoms with Gasteiger partial charge in [-0.15, -0.1) is 0 Å². The van der Waals surface area contributed by atoms with Gasteiger partial charge >= 0.3 is 6.09 Å². The number of hydrogen-bond donors (Lipinski definition) is 5. The molecule has 3 aromatic rings. The molecule has 1 aliphatic rings. The molecule has 1 unspecified atom stereocenters. The van der Waals surface area contributed by atoms with Crippen molar-refractivity contribution in [3.8, 4) is 0 Å². The van der Waals surface area contributed by atoms with Crippen molar-refractivity contribution in [1.29, 1.82) is 0 Å². The number of carbonyl (C=O) groups excluding carboxylic acids is 1. The molecule has 0 fully saturated rings. The van der Waals surface area contributed by atoms with E-state index in [4.69, 9.17) is 5.73 Å². The van der Waals surface area contributed by atoms with Gasteiger partial charge in [0, 0.05) is 30.2 Å². The number of anilines is 1. The Kier molecular flexibility index (Phi) is 12.8. The van der Waals surface area contributed by atoms with Gasteiger partial charge in [0.05, 0.1) is 11.5 Å². The van der Waals surface area contributed by atoms with E-state index in [1.807, 2.05) is 81.5 Å². The van der Waals surface area contributed by atoms with Crippen LogP contribution in [-0.2, 0) is 14.8 Å². The summed E-state index contributed by atoms with van der Waals surface area (Å²) in [5.41, 5.74) is 9.74. The molecule has 0 radical (unpaired) electrons. The van der Waals surface area contributed by atoms with Crippen molar-refractivity contribution in [2.24, 2.45) is 5.92 Å². The molecular formula is C37H48N4O6S. The number of fused-ring (bicyclic) bond motifs is 2. The maximum Gasteiger partial charge on any atom is 0.405 e. The number of aliphatic hydroxyl groups excluding tert-OH is 1. The summed E-state index contributed by atoms with van der Waals surface area (Å²) in [4.78, 5) is 26.2. The lowest BCUT2D eigenvalue weighted by molar-refractivity contribution is -0.124. The maximum atomic E-state index is 14.0. The maximum absolute atomic E-state index is 14.0. The summed E-state index contributed by atoms with van der Waals surface area (Å²) in [6, 6.07) is 19.3. The Balaban J connectivity index is 1.52. The highest BCUT2D eigenvalue weighted by atomic mass is 32.2. The van der Waals surface area contributed by atoms with Crippen molar-refractivity contribution in [1.82, 2.24) is 14.9 Å². The quantitative estimate of drug-likeness (QED) is 0.122. The van der Waals surface area contributed by atoms with Gasteiger partial charge in [-0.1, -0.05) is 81.5 Å². The molecule has 6 N–H and O–H groups in total.